The SMILES string of the molecule is COc1cc(NCCCCCN)c2ncccc2c1OC. The van der Waals surface area contributed by atoms with Gasteiger partial charge in [0.15, 0.2) is 11.5 Å². The van der Waals surface area contributed by atoms with Crippen molar-refractivity contribution in [3.05, 3.63) is 24.4 Å². The number of nitrogens with one attached hydrogen (secondary N) is 1. The summed E-state index contributed by atoms with van der Waals surface area (Å²) in [6, 6.07) is 5.83. The van der Waals surface area contributed by atoms with Gasteiger partial charge in [0.25, 0.3) is 0 Å². The molecule has 0 atom stereocenters. The molecule has 3 N–H and O–H groups in total. The highest BCUT2D eigenvalue weighted by Gasteiger charge is 2.13. The minimum atomic E-state index is 0.711. The Hall–Kier alpha value is -2.01. The van der Waals surface area contributed by atoms with Gasteiger partial charge in [0.2, 0.25) is 0 Å². The molecule has 0 radical (unpaired) electrons. The molecule has 0 saturated heterocycles. The lowest BCUT2D eigenvalue weighted by Gasteiger charge is -2.15. The number of anilines is 1. The average molecular weight is 289 g/mol. The van der Waals surface area contributed by atoms with Gasteiger partial charge in [0, 0.05) is 24.2 Å². The third-order valence-corrected chi connectivity index (χ3v) is 3.43. The van der Waals surface area contributed by atoms with E-state index in [1.165, 1.54) is 0 Å². The summed E-state index contributed by atoms with van der Waals surface area (Å²) in [5.74, 6) is 1.43. The number of ether oxygens (including phenoxy) is 2. The van der Waals surface area contributed by atoms with Crippen LogP contribution in [0.3, 0.4) is 0 Å². The molecule has 1 heterocycles. The Morgan fingerprint density at radius 1 is 1.19 bits per heavy atom. The van der Waals surface area contributed by atoms with Crippen molar-refractivity contribution in [1.82, 2.24) is 4.98 Å². The molecule has 2 rings (SSSR count). The molecule has 1 aromatic heterocycles. The Kier molecular flexibility index (Phi) is 5.63. The first-order valence-corrected chi connectivity index (χ1v) is 7.25. The van der Waals surface area contributed by atoms with E-state index in [4.69, 9.17) is 15.2 Å². The van der Waals surface area contributed by atoms with Gasteiger partial charge in [0.05, 0.1) is 25.4 Å². The zero-order valence-electron chi connectivity index (χ0n) is 12.7. The summed E-state index contributed by atoms with van der Waals surface area (Å²) in [5.41, 5.74) is 7.37. The van der Waals surface area contributed by atoms with Gasteiger partial charge in [-0.2, -0.15) is 0 Å². The smallest absolute Gasteiger partial charge is 0.170 e. The number of unbranched alkanes of at least 4 members (excludes halogenated alkanes) is 2. The van der Waals surface area contributed by atoms with Gasteiger partial charge in [0.1, 0.15) is 0 Å². The van der Waals surface area contributed by atoms with Crippen molar-refractivity contribution in [3.8, 4) is 11.5 Å². The van der Waals surface area contributed by atoms with E-state index in [1.807, 2.05) is 18.2 Å². The van der Waals surface area contributed by atoms with Gasteiger partial charge in [-0.05, 0) is 31.5 Å². The summed E-state index contributed by atoms with van der Waals surface area (Å²) in [4.78, 5) is 4.46. The summed E-state index contributed by atoms with van der Waals surface area (Å²) in [7, 11) is 3.29. The lowest BCUT2D eigenvalue weighted by atomic mass is 10.1. The molecule has 0 amide bonds. The second-order valence-corrected chi connectivity index (χ2v) is 4.84. The highest BCUT2D eigenvalue weighted by atomic mass is 16.5. The molecule has 5 nitrogen and oxygen atoms in total. The fraction of sp³-hybridized carbons (Fsp3) is 0.438. The van der Waals surface area contributed by atoms with E-state index in [0.717, 1.165) is 48.9 Å². The second kappa shape index (κ2) is 7.69. The topological polar surface area (TPSA) is 69.4 Å². The lowest BCUT2D eigenvalue weighted by Crippen LogP contribution is -2.05. The fourth-order valence-corrected chi connectivity index (χ4v) is 2.37. The first-order chi connectivity index (χ1) is 10.3. The van der Waals surface area contributed by atoms with E-state index in [0.29, 0.717) is 11.5 Å². The highest BCUT2D eigenvalue weighted by Crippen LogP contribution is 2.39. The minimum Gasteiger partial charge on any atom is -0.493 e. The summed E-state index contributed by atoms with van der Waals surface area (Å²) in [6.45, 7) is 1.64. The van der Waals surface area contributed by atoms with Crippen LogP contribution in [0.15, 0.2) is 24.4 Å². The molecular weight excluding hydrogens is 266 g/mol. The molecule has 0 aliphatic heterocycles. The van der Waals surface area contributed by atoms with Crippen LogP contribution in [0, 0.1) is 0 Å². The van der Waals surface area contributed by atoms with E-state index in [9.17, 15) is 0 Å². The Bertz CT molecular complexity index is 587. The van der Waals surface area contributed by atoms with Crippen molar-refractivity contribution in [2.75, 3.05) is 32.6 Å². The van der Waals surface area contributed by atoms with Crippen LogP contribution in [0.1, 0.15) is 19.3 Å². The van der Waals surface area contributed by atoms with Crippen molar-refractivity contribution in [1.29, 1.82) is 0 Å². The van der Waals surface area contributed by atoms with Crippen LogP contribution < -0.4 is 20.5 Å². The minimum absolute atomic E-state index is 0.711. The standard InChI is InChI=1S/C16H23N3O2/c1-20-14-11-13(18-9-5-3-4-8-17)15-12(16(14)21-2)7-6-10-19-15/h6-7,10-11,18H,3-5,8-9,17H2,1-2H3. The van der Waals surface area contributed by atoms with Crippen LogP contribution in [0.2, 0.25) is 0 Å². The number of nitrogens with zero attached hydrogens (tertiary/aromatic N) is 1. The van der Waals surface area contributed by atoms with Crippen LogP contribution >= 0.6 is 0 Å². The third-order valence-electron chi connectivity index (χ3n) is 3.43. The molecule has 5 heteroatoms. The van der Waals surface area contributed by atoms with Gasteiger partial charge < -0.3 is 20.5 Å². The molecular formula is C16H23N3O2. The zero-order chi connectivity index (χ0) is 15.1. The zero-order valence-corrected chi connectivity index (χ0v) is 12.7. The summed E-state index contributed by atoms with van der Waals surface area (Å²) >= 11 is 0. The van der Waals surface area contributed by atoms with Crippen LogP contribution in [-0.2, 0) is 0 Å². The fourth-order valence-electron chi connectivity index (χ4n) is 2.37. The molecule has 0 unspecified atom stereocenters. The van der Waals surface area contributed by atoms with Crippen molar-refractivity contribution in [2.24, 2.45) is 5.73 Å². The molecule has 0 saturated carbocycles. The molecule has 0 spiro atoms. The van der Waals surface area contributed by atoms with Gasteiger partial charge in [-0.25, -0.2) is 0 Å². The predicted molar refractivity (Wildman–Crippen MR) is 86.2 cm³/mol. The number of fused-ring (bicyclic) bond motifs is 1. The van der Waals surface area contributed by atoms with Crippen molar-refractivity contribution >= 4 is 16.6 Å². The Labute approximate surface area is 125 Å². The molecule has 0 bridgehead atoms. The van der Waals surface area contributed by atoms with Crippen LogP contribution in [0.25, 0.3) is 10.9 Å². The maximum atomic E-state index is 5.51. The molecule has 0 aliphatic rings. The number of hydrogen-bond donors (Lipinski definition) is 2. The number of rotatable bonds is 8. The molecule has 114 valence electrons. The summed E-state index contributed by atoms with van der Waals surface area (Å²) in [5, 5.41) is 4.38. The van der Waals surface area contributed by atoms with Gasteiger partial charge in [-0.1, -0.05) is 6.42 Å². The summed E-state index contributed by atoms with van der Waals surface area (Å²) in [6.07, 6.45) is 5.06. The second-order valence-electron chi connectivity index (χ2n) is 4.84. The largest absolute Gasteiger partial charge is 0.493 e. The number of hydrogen-bond acceptors (Lipinski definition) is 5. The lowest BCUT2D eigenvalue weighted by molar-refractivity contribution is 0.358. The first-order valence-electron chi connectivity index (χ1n) is 7.25. The Morgan fingerprint density at radius 2 is 2.05 bits per heavy atom. The Balaban J connectivity index is 2.26. The first kappa shape index (κ1) is 15.4. The maximum absolute atomic E-state index is 5.51. The van der Waals surface area contributed by atoms with E-state index in [-0.39, 0.29) is 0 Å². The average Bonchev–Trinajstić information content (AvgIpc) is 2.53. The van der Waals surface area contributed by atoms with Crippen molar-refractivity contribution in [3.63, 3.8) is 0 Å². The predicted octanol–water partition coefficient (Wildman–Crippen LogP) is 2.79. The number of pyridine rings is 1. The molecule has 0 aliphatic carbocycles. The third kappa shape index (κ3) is 3.55. The van der Waals surface area contributed by atoms with E-state index >= 15 is 0 Å². The van der Waals surface area contributed by atoms with Crippen LogP contribution in [0.4, 0.5) is 5.69 Å². The van der Waals surface area contributed by atoms with Crippen molar-refractivity contribution < 1.29 is 9.47 Å². The highest BCUT2D eigenvalue weighted by molar-refractivity contribution is 5.97. The normalized spacial score (nSPS) is 10.6. The Morgan fingerprint density at radius 3 is 2.76 bits per heavy atom. The van der Waals surface area contributed by atoms with Gasteiger partial charge in [-0.3, -0.25) is 4.98 Å². The van der Waals surface area contributed by atoms with E-state index < -0.39 is 0 Å². The van der Waals surface area contributed by atoms with Crippen LogP contribution in [-0.4, -0.2) is 32.3 Å². The van der Waals surface area contributed by atoms with Gasteiger partial charge >= 0.3 is 0 Å². The molecule has 2 aromatic rings. The quantitative estimate of drug-likeness (QED) is 0.731. The van der Waals surface area contributed by atoms with Crippen LogP contribution in [0.5, 0.6) is 11.5 Å². The molecule has 1 aromatic carbocycles. The van der Waals surface area contributed by atoms with E-state index in [1.54, 1.807) is 20.4 Å². The summed E-state index contributed by atoms with van der Waals surface area (Å²) < 4.78 is 10.9. The number of benzene rings is 1. The number of methoxy groups -OCH3 is 2. The van der Waals surface area contributed by atoms with Crippen molar-refractivity contribution in [2.45, 2.75) is 19.3 Å². The molecule has 21 heavy (non-hydrogen) atoms. The number of nitrogens with two attached hydrogens (primary N) is 1. The number of aromatic nitrogens is 1. The molecule has 0 fully saturated rings. The monoisotopic (exact) mass is 289 g/mol. The van der Waals surface area contributed by atoms with E-state index in [2.05, 4.69) is 10.3 Å². The van der Waals surface area contributed by atoms with Gasteiger partial charge in [-0.15, -0.1) is 0 Å². The maximum Gasteiger partial charge on any atom is 0.170 e.